The average Bonchev–Trinajstić information content (AvgIpc) is 2.95. The zero-order chi connectivity index (χ0) is 21.5. The molecule has 154 valence electrons. The van der Waals surface area contributed by atoms with Crippen molar-refractivity contribution in [1.82, 2.24) is 10.3 Å². The van der Waals surface area contributed by atoms with Gasteiger partial charge in [0.05, 0.1) is 5.56 Å². The Labute approximate surface area is 178 Å². The van der Waals surface area contributed by atoms with Crippen LogP contribution in [0.1, 0.15) is 22.0 Å². The van der Waals surface area contributed by atoms with Gasteiger partial charge in [-0.05, 0) is 30.3 Å². The lowest BCUT2D eigenvalue weighted by Gasteiger charge is -2.22. The minimum Gasteiger partial charge on any atom is -0.436 e. The molecule has 0 bridgehead atoms. The fourth-order valence-electron chi connectivity index (χ4n) is 3.89. The molecule has 1 atom stereocenters. The van der Waals surface area contributed by atoms with E-state index in [1.54, 1.807) is 49.6 Å². The van der Waals surface area contributed by atoms with Crippen LogP contribution in [0.2, 0.25) is 0 Å². The molecule has 0 fully saturated rings. The van der Waals surface area contributed by atoms with Crippen molar-refractivity contribution in [2.24, 2.45) is 0 Å². The number of likely N-dealkylation sites (N-methyl/N-ethyl adjacent to an activating group) is 1. The lowest BCUT2D eigenvalue weighted by atomic mass is 10.1. The van der Waals surface area contributed by atoms with Crippen molar-refractivity contribution >= 4 is 29.1 Å². The van der Waals surface area contributed by atoms with Gasteiger partial charge in [0.2, 0.25) is 11.8 Å². The molecule has 3 heterocycles. The lowest BCUT2D eigenvalue weighted by Crippen LogP contribution is -2.43. The lowest BCUT2D eigenvalue weighted by molar-refractivity contribution is -0.126. The van der Waals surface area contributed by atoms with E-state index in [-0.39, 0.29) is 24.2 Å². The van der Waals surface area contributed by atoms with Crippen molar-refractivity contribution in [2.75, 3.05) is 23.4 Å². The predicted molar refractivity (Wildman–Crippen MR) is 113 cm³/mol. The van der Waals surface area contributed by atoms with Crippen molar-refractivity contribution in [1.29, 1.82) is 0 Å². The number of para-hydroxylation sites is 2. The summed E-state index contributed by atoms with van der Waals surface area (Å²) in [5.74, 6) is -0.473. The summed E-state index contributed by atoms with van der Waals surface area (Å²) in [6, 6.07) is 16.6. The second kappa shape index (κ2) is 7.24. The number of nitrogens with zero attached hydrogens (tertiary/aromatic N) is 3. The van der Waals surface area contributed by atoms with Gasteiger partial charge in [-0.2, -0.15) is 0 Å². The maximum atomic E-state index is 13.2. The monoisotopic (exact) mass is 414 g/mol. The Balaban J connectivity index is 1.45. The summed E-state index contributed by atoms with van der Waals surface area (Å²) >= 11 is 0. The zero-order valence-corrected chi connectivity index (χ0v) is 16.6. The number of amides is 3. The number of fused-ring (bicyclic) bond motifs is 3. The van der Waals surface area contributed by atoms with Crippen molar-refractivity contribution in [3.63, 3.8) is 0 Å². The predicted octanol–water partition coefficient (Wildman–Crippen LogP) is 2.67. The van der Waals surface area contributed by atoms with Crippen molar-refractivity contribution < 1.29 is 19.1 Å². The van der Waals surface area contributed by atoms with Gasteiger partial charge in [0.25, 0.3) is 11.8 Å². The largest absolute Gasteiger partial charge is 0.436 e. The third-order valence-electron chi connectivity index (χ3n) is 5.40. The molecule has 2 aliphatic heterocycles. The second-order valence-electron chi connectivity index (χ2n) is 7.27. The molecule has 1 aromatic heterocycles. The van der Waals surface area contributed by atoms with Crippen LogP contribution in [0.3, 0.4) is 0 Å². The van der Waals surface area contributed by atoms with E-state index in [2.05, 4.69) is 10.3 Å². The molecule has 8 heteroatoms. The van der Waals surface area contributed by atoms with E-state index in [9.17, 15) is 14.4 Å². The van der Waals surface area contributed by atoms with Crippen LogP contribution in [0.5, 0.6) is 11.6 Å². The van der Waals surface area contributed by atoms with Crippen LogP contribution in [-0.2, 0) is 9.59 Å². The van der Waals surface area contributed by atoms with Gasteiger partial charge >= 0.3 is 0 Å². The molecule has 0 radical (unpaired) electrons. The molecular formula is C23H18N4O4. The molecule has 31 heavy (non-hydrogen) atoms. The summed E-state index contributed by atoms with van der Waals surface area (Å²) in [5.41, 5.74) is 2.19. The third-order valence-corrected chi connectivity index (χ3v) is 5.40. The average molecular weight is 414 g/mol. The molecule has 0 aliphatic carbocycles. The number of ether oxygens (including phenoxy) is 1. The summed E-state index contributed by atoms with van der Waals surface area (Å²) in [6.45, 7) is -0.287. The Bertz CT molecular complexity index is 1230. The number of aromatic nitrogens is 1. The fraction of sp³-hybridized carbons (Fsp3) is 0.130. The minimum absolute atomic E-state index is 0.229. The fourth-order valence-corrected chi connectivity index (χ4v) is 3.89. The van der Waals surface area contributed by atoms with Gasteiger partial charge in [-0.1, -0.05) is 30.3 Å². The molecule has 0 saturated heterocycles. The van der Waals surface area contributed by atoms with Gasteiger partial charge in [0.1, 0.15) is 24.0 Å². The molecule has 0 unspecified atom stereocenters. The number of anilines is 2. The highest BCUT2D eigenvalue weighted by Gasteiger charge is 2.37. The molecule has 5 rings (SSSR count). The van der Waals surface area contributed by atoms with Crippen LogP contribution in [0.15, 0.2) is 66.9 Å². The highest BCUT2D eigenvalue weighted by atomic mass is 16.5. The first-order valence-electron chi connectivity index (χ1n) is 9.74. The normalized spacial score (nSPS) is 16.7. The van der Waals surface area contributed by atoms with Crippen LogP contribution < -0.4 is 19.9 Å². The van der Waals surface area contributed by atoms with Gasteiger partial charge in [-0.25, -0.2) is 4.98 Å². The van der Waals surface area contributed by atoms with Gasteiger partial charge in [-0.3, -0.25) is 19.3 Å². The Hall–Kier alpha value is -4.20. The summed E-state index contributed by atoms with van der Waals surface area (Å²) < 4.78 is 5.83. The topological polar surface area (TPSA) is 91.8 Å². The second-order valence-corrected chi connectivity index (χ2v) is 7.27. The van der Waals surface area contributed by atoms with Gasteiger partial charge in [0, 0.05) is 24.5 Å². The molecule has 2 aliphatic rings. The highest BCUT2D eigenvalue weighted by Crippen LogP contribution is 2.37. The molecular weight excluding hydrogens is 396 g/mol. The smallest absolute Gasteiger partial charge is 0.262 e. The van der Waals surface area contributed by atoms with E-state index in [0.29, 0.717) is 17.0 Å². The summed E-state index contributed by atoms with van der Waals surface area (Å²) in [6.07, 6.45) is 1.56. The van der Waals surface area contributed by atoms with Crippen LogP contribution in [-0.4, -0.2) is 36.3 Å². The van der Waals surface area contributed by atoms with Gasteiger partial charge in [-0.15, -0.1) is 0 Å². The van der Waals surface area contributed by atoms with Crippen LogP contribution in [0.25, 0.3) is 0 Å². The van der Waals surface area contributed by atoms with Gasteiger partial charge < -0.3 is 15.0 Å². The molecule has 8 nitrogen and oxygen atoms in total. The molecule has 1 N–H and O–H groups in total. The number of hydrogen-bond donors (Lipinski definition) is 1. The molecule has 2 aromatic carbocycles. The number of carbonyl (C=O) groups excluding carboxylic acids is 3. The molecule has 0 spiro atoms. The minimum atomic E-state index is -0.798. The number of hydrogen-bond acceptors (Lipinski definition) is 5. The van der Waals surface area contributed by atoms with E-state index < -0.39 is 11.9 Å². The van der Waals surface area contributed by atoms with E-state index in [0.717, 1.165) is 11.3 Å². The Morgan fingerprint density at radius 2 is 1.77 bits per heavy atom. The van der Waals surface area contributed by atoms with Gasteiger partial charge in [0.15, 0.2) is 0 Å². The van der Waals surface area contributed by atoms with Crippen LogP contribution in [0.4, 0.5) is 11.4 Å². The molecule has 0 saturated carbocycles. The first-order chi connectivity index (χ1) is 15.0. The number of pyridine rings is 1. The Kier molecular flexibility index (Phi) is 4.39. The zero-order valence-electron chi connectivity index (χ0n) is 16.6. The first-order valence-corrected chi connectivity index (χ1v) is 9.74. The number of benzene rings is 2. The number of rotatable bonds is 3. The standard InChI is InChI=1S/C23H18N4O4/c1-26-16-9-4-2-7-14(16)20(23(26)30)25-19(28)13-27-17-10-6-12-24-21(17)31-18-11-5-3-8-15(18)22(27)29/h2-12,20H,13H2,1H3,(H,25,28)/t20-/m1/s1. The first kappa shape index (κ1) is 18.8. The van der Waals surface area contributed by atoms with Crippen LogP contribution in [0, 0.1) is 0 Å². The van der Waals surface area contributed by atoms with E-state index >= 15 is 0 Å². The molecule has 3 aromatic rings. The van der Waals surface area contributed by atoms with Crippen molar-refractivity contribution in [3.05, 3.63) is 78.0 Å². The summed E-state index contributed by atoms with van der Waals surface area (Å²) in [4.78, 5) is 45.9. The third kappa shape index (κ3) is 3.09. The van der Waals surface area contributed by atoms with E-state index in [1.165, 1.54) is 9.80 Å². The van der Waals surface area contributed by atoms with Crippen molar-refractivity contribution in [2.45, 2.75) is 6.04 Å². The quantitative estimate of drug-likeness (QED) is 0.712. The SMILES string of the molecule is CN1C(=O)[C@H](NC(=O)CN2C(=O)c3ccccc3Oc3ncccc32)c2ccccc21. The number of carbonyl (C=O) groups is 3. The molecule has 3 amide bonds. The maximum absolute atomic E-state index is 13.2. The van der Waals surface area contributed by atoms with Crippen molar-refractivity contribution in [3.8, 4) is 11.6 Å². The summed E-state index contributed by atoms with van der Waals surface area (Å²) in [5, 5.41) is 2.77. The summed E-state index contributed by atoms with van der Waals surface area (Å²) in [7, 11) is 1.67. The Morgan fingerprint density at radius 3 is 2.65 bits per heavy atom. The van der Waals surface area contributed by atoms with Crippen LogP contribution >= 0.6 is 0 Å². The highest BCUT2D eigenvalue weighted by molar-refractivity contribution is 6.12. The maximum Gasteiger partial charge on any atom is 0.262 e. The van der Waals surface area contributed by atoms with E-state index in [1.807, 2.05) is 24.3 Å². The Morgan fingerprint density at radius 1 is 1.03 bits per heavy atom. The van der Waals surface area contributed by atoms with E-state index in [4.69, 9.17) is 4.74 Å². The number of nitrogens with one attached hydrogen (secondary N) is 1.